The number of hydrogen-bond acceptors (Lipinski definition) is 6. The van der Waals surface area contributed by atoms with Crippen molar-refractivity contribution in [1.29, 1.82) is 0 Å². The Labute approximate surface area is 170 Å². The van der Waals surface area contributed by atoms with Crippen LogP contribution >= 0.6 is 0 Å². The molecule has 1 aromatic carbocycles. The molecule has 0 spiro atoms. The molecule has 2 amide bonds. The maximum absolute atomic E-state index is 12.5. The molecule has 1 N–H and O–H groups in total. The van der Waals surface area contributed by atoms with Crippen molar-refractivity contribution in [3.05, 3.63) is 29.8 Å². The zero-order valence-electron chi connectivity index (χ0n) is 16.3. The molecule has 10 heteroatoms. The fourth-order valence-electron chi connectivity index (χ4n) is 2.97. The van der Waals surface area contributed by atoms with E-state index in [1.54, 1.807) is 0 Å². The summed E-state index contributed by atoms with van der Waals surface area (Å²) in [6.45, 7) is 0.399. The average Bonchev–Trinajstić information content (AvgIpc) is 3.32. The predicted molar refractivity (Wildman–Crippen MR) is 104 cm³/mol. The molecule has 0 bridgehead atoms. The zero-order valence-corrected chi connectivity index (χ0v) is 17.1. The van der Waals surface area contributed by atoms with Crippen molar-refractivity contribution in [2.24, 2.45) is 0 Å². The van der Waals surface area contributed by atoms with Crippen LogP contribution in [0.15, 0.2) is 29.2 Å². The van der Waals surface area contributed by atoms with Crippen molar-refractivity contribution in [1.82, 2.24) is 14.5 Å². The fourth-order valence-corrected chi connectivity index (χ4v) is 4.48. The van der Waals surface area contributed by atoms with Crippen molar-refractivity contribution < 1.29 is 27.5 Å². The molecule has 1 aromatic rings. The number of amides is 2. The van der Waals surface area contributed by atoms with Gasteiger partial charge in [0.05, 0.1) is 17.0 Å². The van der Waals surface area contributed by atoms with E-state index in [2.05, 4.69) is 5.32 Å². The molecule has 29 heavy (non-hydrogen) atoms. The molecule has 1 aliphatic heterocycles. The van der Waals surface area contributed by atoms with Gasteiger partial charge in [-0.3, -0.25) is 9.59 Å². The highest BCUT2D eigenvalue weighted by Gasteiger charge is 2.27. The highest BCUT2D eigenvalue weighted by molar-refractivity contribution is 7.89. The number of nitrogens with zero attached hydrogens (tertiary/aromatic N) is 2. The van der Waals surface area contributed by atoms with Crippen LogP contribution in [0.1, 0.15) is 36.0 Å². The molecule has 1 saturated carbocycles. The number of likely N-dealkylation sites (N-methyl/N-ethyl adjacent to an activating group) is 1. The van der Waals surface area contributed by atoms with E-state index in [1.165, 1.54) is 40.5 Å². The molecule has 3 rings (SSSR count). The Bertz CT molecular complexity index is 874. The molecular weight excluding hydrogens is 398 g/mol. The maximum Gasteiger partial charge on any atom is 0.338 e. The molecule has 1 heterocycles. The van der Waals surface area contributed by atoms with Crippen LogP contribution in [0.5, 0.6) is 0 Å². The van der Waals surface area contributed by atoms with Crippen molar-refractivity contribution in [2.75, 3.05) is 33.3 Å². The number of ether oxygens (including phenoxy) is 1. The number of esters is 1. The van der Waals surface area contributed by atoms with Gasteiger partial charge in [-0.25, -0.2) is 13.2 Å². The number of benzene rings is 1. The minimum Gasteiger partial charge on any atom is -0.452 e. The van der Waals surface area contributed by atoms with Gasteiger partial charge in [-0.15, -0.1) is 0 Å². The van der Waals surface area contributed by atoms with Gasteiger partial charge in [-0.2, -0.15) is 4.31 Å². The topological polar surface area (TPSA) is 113 Å². The zero-order chi connectivity index (χ0) is 21.0. The summed E-state index contributed by atoms with van der Waals surface area (Å²) in [5.74, 6) is -1.48. The second-order valence-electron chi connectivity index (χ2n) is 7.30. The van der Waals surface area contributed by atoms with E-state index < -0.39 is 28.5 Å². The van der Waals surface area contributed by atoms with Gasteiger partial charge < -0.3 is 15.0 Å². The minimum absolute atomic E-state index is 0.101. The summed E-state index contributed by atoms with van der Waals surface area (Å²) in [6.07, 6.45) is 3.60. The number of sulfonamides is 1. The molecule has 2 aliphatic rings. The van der Waals surface area contributed by atoms with Crippen molar-refractivity contribution in [2.45, 2.75) is 36.6 Å². The SMILES string of the molecule is CN(CC(=O)NC1CC1)C(=O)COC(=O)c1ccc(S(=O)(=O)N2CCCC2)cc1. The van der Waals surface area contributed by atoms with E-state index >= 15 is 0 Å². The third kappa shape index (κ3) is 5.54. The van der Waals surface area contributed by atoms with Gasteiger partial charge in [0.25, 0.3) is 5.91 Å². The van der Waals surface area contributed by atoms with E-state index in [0.29, 0.717) is 13.1 Å². The summed E-state index contributed by atoms with van der Waals surface area (Å²) >= 11 is 0. The molecule has 1 saturated heterocycles. The molecule has 0 unspecified atom stereocenters. The van der Waals surface area contributed by atoms with Crippen molar-refractivity contribution >= 4 is 27.8 Å². The second kappa shape index (κ2) is 8.91. The lowest BCUT2D eigenvalue weighted by Crippen LogP contribution is -2.40. The maximum atomic E-state index is 12.5. The summed E-state index contributed by atoms with van der Waals surface area (Å²) < 4.78 is 31.4. The van der Waals surface area contributed by atoms with Crippen molar-refractivity contribution in [3.63, 3.8) is 0 Å². The molecule has 9 nitrogen and oxygen atoms in total. The van der Waals surface area contributed by atoms with E-state index in [1.807, 2.05) is 0 Å². The molecule has 0 radical (unpaired) electrons. The lowest BCUT2D eigenvalue weighted by Gasteiger charge is -2.17. The van der Waals surface area contributed by atoms with Gasteiger partial charge in [0.2, 0.25) is 15.9 Å². The van der Waals surface area contributed by atoms with Crippen LogP contribution in [0.25, 0.3) is 0 Å². The highest BCUT2D eigenvalue weighted by Crippen LogP contribution is 2.21. The van der Waals surface area contributed by atoms with E-state index in [9.17, 15) is 22.8 Å². The Kier molecular flexibility index (Phi) is 6.53. The number of rotatable bonds is 8. The van der Waals surface area contributed by atoms with Crippen LogP contribution in [-0.2, 0) is 24.3 Å². The molecular formula is C19H25N3O6S. The first kappa shape index (κ1) is 21.3. The van der Waals surface area contributed by atoms with Crippen LogP contribution in [0.3, 0.4) is 0 Å². The van der Waals surface area contributed by atoms with Gasteiger partial charge in [0.1, 0.15) is 0 Å². The molecule has 0 atom stereocenters. The van der Waals surface area contributed by atoms with Gasteiger partial charge in [0.15, 0.2) is 6.61 Å². The van der Waals surface area contributed by atoms with E-state index in [-0.39, 0.29) is 29.0 Å². The largest absolute Gasteiger partial charge is 0.452 e. The third-order valence-electron chi connectivity index (χ3n) is 4.87. The van der Waals surface area contributed by atoms with Gasteiger partial charge in [-0.1, -0.05) is 0 Å². The number of nitrogens with one attached hydrogen (secondary N) is 1. The second-order valence-corrected chi connectivity index (χ2v) is 9.24. The monoisotopic (exact) mass is 423 g/mol. The normalized spacial score (nSPS) is 17.0. The highest BCUT2D eigenvalue weighted by atomic mass is 32.2. The molecule has 0 aromatic heterocycles. The molecule has 2 fully saturated rings. The quantitative estimate of drug-likeness (QED) is 0.604. The standard InChI is InChI=1S/C19H25N3O6S/c1-21(12-17(23)20-15-6-7-15)18(24)13-28-19(25)14-4-8-16(9-5-14)29(26,27)22-10-2-3-11-22/h4-5,8-9,15H,2-3,6-7,10-13H2,1H3,(H,20,23). The summed E-state index contributed by atoms with van der Waals surface area (Å²) in [5.41, 5.74) is 0.146. The average molecular weight is 423 g/mol. The van der Waals surface area contributed by atoms with Crippen LogP contribution in [0.4, 0.5) is 0 Å². The van der Waals surface area contributed by atoms with Gasteiger partial charge >= 0.3 is 5.97 Å². The lowest BCUT2D eigenvalue weighted by atomic mass is 10.2. The van der Waals surface area contributed by atoms with Crippen LogP contribution in [0, 0.1) is 0 Å². The first-order valence-corrected chi connectivity index (χ1v) is 11.0. The first-order valence-electron chi connectivity index (χ1n) is 9.58. The summed E-state index contributed by atoms with van der Waals surface area (Å²) in [5, 5.41) is 2.77. The Morgan fingerprint density at radius 3 is 2.34 bits per heavy atom. The van der Waals surface area contributed by atoms with Gasteiger partial charge in [-0.05, 0) is 49.9 Å². The number of carbonyl (C=O) groups is 3. The fraction of sp³-hybridized carbons (Fsp3) is 0.526. The summed E-state index contributed by atoms with van der Waals surface area (Å²) in [7, 11) is -2.09. The summed E-state index contributed by atoms with van der Waals surface area (Å²) in [6, 6.07) is 5.66. The van der Waals surface area contributed by atoms with Crippen LogP contribution in [0.2, 0.25) is 0 Å². The Hall–Kier alpha value is -2.46. The van der Waals surface area contributed by atoms with Crippen molar-refractivity contribution in [3.8, 4) is 0 Å². The lowest BCUT2D eigenvalue weighted by molar-refractivity contribution is -0.137. The third-order valence-corrected chi connectivity index (χ3v) is 6.78. The van der Waals surface area contributed by atoms with E-state index in [0.717, 1.165) is 25.7 Å². The van der Waals surface area contributed by atoms with Gasteiger partial charge in [0, 0.05) is 26.2 Å². The van der Waals surface area contributed by atoms with E-state index in [4.69, 9.17) is 4.74 Å². The smallest absolute Gasteiger partial charge is 0.338 e. The Morgan fingerprint density at radius 1 is 1.14 bits per heavy atom. The number of hydrogen-bond donors (Lipinski definition) is 1. The predicted octanol–water partition coefficient (Wildman–Crippen LogP) is 0.365. The summed E-state index contributed by atoms with van der Waals surface area (Å²) in [4.78, 5) is 37.2. The number of carbonyl (C=O) groups excluding carboxylic acids is 3. The minimum atomic E-state index is -3.55. The van der Waals surface area contributed by atoms with Crippen LogP contribution in [-0.4, -0.2) is 74.7 Å². The Balaban J connectivity index is 1.49. The van der Waals surface area contributed by atoms with Crippen LogP contribution < -0.4 is 5.32 Å². The molecule has 158 valence electrons. The first-order chi connectivity index (χ1) is 13.8. The molecule has 1 aliphatic carbocycles. The Morgan fingerprint density at radius 2 is 1.76 bits per heavy atom.